The van der Waals surface area contributed by atoms with Crippen LogP contribution < -0.4 is 0 Å². The van der Waals surface area contributed by atoms with Gasteiger partial charge >= 0.3 is 12.6 Å². The minimum absolute atomic E-state index is 1.47. The number of hydrogen-bond acceptors (Lipinski definition) is 1. The van der Waals surface area contributed by atoms with Crippen molar-refractivity contribution in [3.05, 3.63) is 10.6 Å². The lowest BCUT2D eigenvalue weighted by Gasteiger charge is -2.26. The second kappa shape index (κ2) is 4.64. The van der Waals surface area contributed by atoms with Gasteiger partial charge in [-0.2, -0.15) is 35.1 Å². The third-order valence-corrected chi connectivity index (χ3v) is 1.66. The van der Waals surface area contributed by atoms with Crippen LogP contribution in [0.3, 0.4) is 0 Å². The van der Waals surface area contributed by atoms with E-state index in [1.165, 1.54) is 0 Å². The van der Waals surface area contributed by atoms with Gasteiger partial charge in [0, 0.05) is 0 Å². The summed E-state index contributed by atoms with van der Waals surface area (Å²) in [6, 6.07) is 0. The molecule has 0 aliphatic rings. The first kappa shape index (κ1) is 14.6. The standard InChI is InChI=1S/C5H2BrF8N/c6-2(3(7)8)1-15(4(9,10)11)5(12,13)14/h1H2. The van der Waals surface area contributed by atoms with Gasteiger partial charge in [0.25, 0.3) is 6.08 Å². The first-order valence-corrected chi connectivity index (χ1v) is 3.86. The van der Waals surface area contributed by atoms with Gasteiger partial charge in [-0.05, 0) is 15.9 Å². The van der Waals surface area contributed by atoms with Gasteiger partial charge in [0.2, 0.25) is 0 Å². The highest BCUT2D eigenvalue weighted by Gasteiger charge is 2.53. The van der Waals surface area contributed by atoms with Gasteiger partial charge in [0.05, 0.1) is 11.0 Å². The molecule has 0 aromatic heterocycles. The van der Waals surface area contributed by atoms with E-state index >= 15 is 0 Å². The summed E-state index contributed by atoms with van der Waals surface area (Å²) in [5.74, 6) is 0. The number of rotatable bonds is 2. The second-order valence-corrected chi connectivity index (χ2v) is 3.14. The summed E-state index contributed by atoms with van der Waals surface area (Å²) in [6.07, 6.45) is -14.2. The number of nitrogens with zero attached hydrogens (tertiary/aromatic N) is 1. The summed E-state index contributed by atoms with van der Waals surface area (Å²) >= 11 is 1.92. The summed E-state index contributed by atoms with van der Waals surface area (Å²) in [6.45, 7) is -2.02. The molecule has 0 rings (SSSR count). The molecule has 0 fully saturated rings. The highest BCUT2D eigenvalue weighted by Crippen LogP contribution is 2.35. The van der Waals surface area contributed by atoms with Gasteiger partial charge in [-0.15, -0.1) is 4.90 Å². The third kappa shape index (κ3) is 4.78. The molecule has 0 saturated carbocycles. The largest absolute Gasteiger partial charge is 0.467 e. The van der Waals surface area contributed by atoms with Crippen LogP contribution in [0.25, 0.3) is 0 Å². The van der Waals surface area contributed by atoms with Crippen molar-refractivity contribution in [3.63, 3.8) is 0 Å². The third-order valence-electron chi connectivity index (χ3n) is 1.11. The quantitative estimate of drug-likeness (QED) is 0.553. The van der Waals surface area contributed by atoms with Crippen molar-refractivity contribution >= 4 is 15.9 Å². The van der Waals surface area contributed by atoms with Gasteiger partial charge in [0.1, 0.15) is 0 Å². The van der Waals surface area contributed by atoms with Gasteiger partial charge in [0.15, 0.2) is 0 Å². The van der Waals surface area contributed by atoms with E-state index in [2.05, 4.69) is 0 Å². The summed E-state index contributed by atoms with van der Waals surface area (Å²) in [7, 11) is 0. The molecule has 1 nitrogen and oxygen atoms in total. The predicted octanol–water partition coefficient (Wildman–Crippen LogP) is 3.83. The Kier molecular flexibility index (Phi) is 4.52. The maximum absolute atomic E-state index is 11.8. The number of halogens is 9. The fourth-order valence-electron chi connectivity index (χ4n) is 0.522. The molecule has 0 N–H and O–H groups in total. The van der Waals surface area contributed by atoms with E-state index in [9.17, 15) is 35.1 Å². The molecular formula is C5H2BrF8N. The molecule has 0 saturated heterocycles. The van der Waals surface area contributed by atoms with Crippen LogP contribution in [0.1, 0.15) is 0 Å². The summed E-state index contributed by atoms with van der Waals surface area (Å²) in [5.41, 5.74) is 0. The van der Waals surface area contributed by atoms with Gasteiger partial charge < -0.3 is 0 Å². The van der Waals surface area contributed by atoms with Crippen LogP contribution in [0.15, 0.2) is 10.6 Å². The van der Waals surface area contributed by atoms with E-state index in [-0.39, 0.29) is 0 Å². The van der Waals surface area contributed by atoms with Crippen molar-refractivity contribution in [3.8, 4) is 0 Å². The van der Waals surface area contributed by atoms with E-state index in [0.717, 1.165) is 0 Å². The molecule has 0 aromatic rings. The molecule has 0 radical (unpaired) electrons. The van der Waals surface area contributed by atoms with E-state index in [4.69, 9.17) is 0 Å². The average molecular weight is 308 g/mol. The van der Waals surface area contributed by atoms with Crippen LogP contribution in [0, 0.1) is 0 Å². The van der Waals surface area contributed by atoms with Crippen LogP contribution in [0.5, 0.6) is 0 Å². The Hall–Kier alpha value is -0.380. The molecule has 15 heavy (non-hydrogen) atoms. The smallest absolute Gasteiger partial charge is 0.172 e. The topological polar surface area (TPSA) is 3.24 Å². The highest BCUT2D eigenvalue weighted by atomic mass is 79.9. The molecule has 90 valence electrons. The SMILES string of the molecule is FC(F)=C(Br)CN(C(F)(F)F)C(F)(F)F. The molecule has 0 unspecified atom stereocenters. The van der Waals surface area contributed by atoms with Crippen LogP contribution in [-0.4, -0.2) is 24.0 Å². The molecule has 0 amide bonds. The maximum Gasteiger partial charge on any atom is 0.467 e. The lowest BCUT2D eigenvalue weighted by atomic mass is 10.5. The monoisotopic (exact) mass is 307 g/mol. The molecule has 0 spiro atoms. The molecule has 0 aliphatic carbocycles. The van der Waals surface area contributed by atoms with Crippen molar-refractivity contribution in [2.24, 2.45) is 0 Å². The lowest BCUT2D eigenvalue weighted by molar-refractivity contribution is -0.369. The molecule has 0 heterocycles. The summed E-state index contributed by atoms with van der Waals surface area (Å²) in [5, 5.41) is 0. The molecule has 10 heteroatoms. The molecule has 0 atom stereocenters. The van der Waals surface area contributed by atoms with Crippen molar-refractivity contribution in [1.29, 1.82) is 0 Å². The molecule has 0 bridgehead atoms. The number of hydrogen-bond donors (Lipinski definition) is 0. The van der Waals surface area contributed by atoms with Crippen molar-refractivity contribution in [1.82, 2.24) is 4.90 Å². The second-order valence-electron chi connectivity index (χ2n) is 2.19. The van der Waals surface area contributed by atoms with Crippen LogP contribution in [0.4, 0.5) is 35.1 Å². The van der Waals surface area contributed by atoms with Crippen LogP contribution in [0.2, 0.25) is 0 Å². The van der Waals surface area contributed by atoms with Gasteiger partial charge in [-0.25, -0.2) is 0 Å². The van der Waals surface area contributed by atoms with E-state index in [1.54, 1.807) is 0 Å². The first-order valence-electron chi connectivity index (χ1n) is 3.07. The highest BCUT2D eigenvalue weighted by molar-refractivity contribution is 9.11. The molecule has 0 aromatic carbocycles. The van der Waals surface area contributed by atoms with E-state index in [1.807, 2.05) is 15.9 Å². The Balaban J connectivity index is 4.94. The maximum atomic E-state index is 11.8. The lowest BCUT2D eigenvalue weighted by Crippen LogP contribution is -2.48. The minimum atomic E-state index is -5.77. The fraction of sp³-hybridized carbons (Fsp3) is 0.600. The van der Waals surface area contributed by atoms with Crippen molar-refractivity contribution in [2.75, 3.05) is 6.54 Å². The van der Waals surface area contributed by atoms with E-state index in [0.29, 0.717) is 0 Å². The predicted molar refractivity (Wildman–Crippen MR) is 37.0 cm³/mol. The summed E-state index contributed by atoms with van der Waals surface area (Å²) < 4.78 is 92.3. The average Bonchev–Trinajstić information content (AvgIpc) is 1.94. The Morgan fingerprint density at radius 1 is 0.933 bits per heavy atom. The zero-order chi connectivity index (χ0) is 12.4. The van der Waals surface area contributed by atoms with Crippen molar-refractivity contribution < 1.29 is 35.1 Å². The normalized spacial score (nSPS) is 13.2. The molecule has 0 aliphatic heterocycles. The van der Waals surface area contributed by atoms with E-state index < -0.39 is 34.6 Å². The van der Waals surface area contributed by atoms with Gasteiger partial charge in [-0.1, -0.05) is 0 Å². The number of alkyl halides is 6. The Morgan fingerprint density at radius 2 is 1.27 bits per heavy atom. The Labute approximate surface area is 86.5 Å². The van der Waals surface area contributed by atoms with Crippen LogP contribution in [-0.2, 0) is 0 Å². The first-order chi connectivity index (χ1) is 6.46. The minimum Gasteiger partial charge on any atom is -0.172 e. The Morgan fingerprint density at radius 3 is 1.47 bits per heavy atom. The summed E-state index contributed by atoms with van der Waals surface area (Å²) in [4.78, 5) is -1.97. The zero-order valence-corrected chi connectivity index (χ0v) is 8.14. The van der Waals surface area contributed by atoms with Gasteiger partial charge in [-0.3, -0.25) is 0 Å². The molecular weight excluding hydrogens is 306 g/mol. The fourth-order valence-corrected chi connectivity index (χ4v) is 0.772. The zero-order valence-electron chi connectivity index (χ0n) is 6.56. The van der Waals surface area contributed by atoms with Crippen LogP contribution >= 0.6 is 15.9 Å². The van der Waals surface area contributed by atoms with Crippen molar-refractivity contribution in [2.45, 2.75) is 12.6 Å². The Bertz CT molecular complexity index is 235.